The SMILES string of the molecule is CC1Oc2ccccc2OC1C(=O)N1CCN(C(=O)c2ccc(Cl)cc2)CC1. The van der Waals surface area contributed by atoms with Gasteiger partial charge >= 0.3 is 0 Å². The molecule has 2 aromatic rings. The van der Waals surface area contributed by atoms with Crippen molar-refractivity contribution in [1.29, 1.82) is 0 Å². The van der Waals surface area contributed by atoms with Gasteiger partial charge in [0.05, 0.1) is 0 Å². The number of carbonyl (C=O) groups excluding carboxylic acids is 2. The molecule has 28 heavy (non-hydrogen) atoms. The van der Waals surface area contributed by atoms with Crippen LogP contribution in [0.15, 0.2) is 48.5 Å². The topological polar surface area (TPSA) is 59.1 Å². The maximum Gasteiger partial charge on any atom is 0.267 e. The van der Waals surface area contributed by atoms with Crippen LogP contribution in [0.25, 0.3) is 0 Å². The van der Waals surface area contributed by atoms with Gasteiger partial charge in [0.1, 0.15) is 6.10 Å². The normalized spacial score (nSPS) is 21.4. The molecule has 0 aromatic heterocycles. The molecule has 2 aliphatic rings. The van der Waals surface area contributed by atoms with Gasteiger partial charge in [0.25, 0.3) is 11.8 Å². The standard InChI is InChI=1S/C21H21ClN2O4/c1-14-19(28-18-5-3-2-4-17(18)27-14)21(26)24-12-10-23(11-13-24)20(25)15-6-8-16(22)9-7-15/h2-9,14,19H,10-13H2,1H3. The lowest BCUT2D eigenvalue weighted by Gasteiger charge is -2.38. The van der Waals surface area contributed by atoms with Crippen molar-refractivity contribution in [2.75, 3.05) is 26.2 Å². The summed E-state index contributed by atoms with van der Waals surface area (Å²) >= 11 is 5.88. The third kappa shape index (κ3) is 3.64. The van der Waals surface area contributed by atoms with E-state index in [1.54, 1.807) is 40.1 Å². The number of amides is 2. The van der Waals surface area contributed by atoms with Crippen LogP contribution in [0.5, 0.6) is 11.5 Å². The number of hydrogen-bond donors (Lipinski definition) is 0. The van der Waals surface area contributed by atoms with Crippen molar-refractivity contribution in [3.8, 4) is 11.5 Å². The van der Waals surface area contributed by atoms with Gasteiger partial charge in [0.2, 0.25) is 6.10 Å². The van der Waals surface area contributed by atoms with Gasteiger partial charge in [-0.15, -0.1) is 0 Å². The van der Waals surface area contributed by atoms with Crippen LogP contribution in [0.4, 0.5) is 0 Å². The van der Waals surface area contributed by atoms with E-state index in [0.29, 0.717) is 48.3 Å². The van der Waals surface area contributed by atoms with Gasteiger partial charge in [-0.2, -0.15) is 0 Å². The predicted octanol–water partition coefficient (Wildman–Crippen LogP) is 2.85. The highest BCUT2D eigenvalue weighted by molar-refractivity contribution is 6.30. The largest absolute Gasteiger partial charge is 0.482 e. The Morgan fingerprint density at radius 3 is 2.11 bits per heavy atom. The summed E-state index contributed by atoms with van der Waals surface area (Å²) in [5.74, 6) is 1.07. The van der Waals surface area contributed by atoms with Crippen LogP contribution in [-0.2, 0) is 4.79 Å². The van der Waals surface area contributed by atoms with Crippen LogP contribution in [0.3, 0.4) is 0 Å². The zero-order valence-corrected chi connectivity index (χ0v) is 16.3. The van der Waals surface area contributed by atoms with Crippen molar-refractivity contribution in [3.05, 3.63) is 59.1 Å². The summed E-state index contributed by atoms with van der Waals surface area (Å²) in [6, 6.07) is 14.2. The number of ether oxygens (including phenoxy) is 2. The Morgan fingerprint density at radius 2 is 1.46 bits per heavy atom. The molecule has 0 spiro atoms. The predicted molar refractivity (Wildman–Crippen MR) is 105 cm³/mol. The second-order valence-corrected chi connectivity index (χ2v) is 7.37. The van der Waals surface area contributed by atoms with E-state index in [0.717, 1.165) is 0 Å². The zero-order valence-electron chi connectivity index (χ0n) is 15.5. The van der Waals surface area contributed by atoms with Crippen LogP contribution in [-0.4, -0.2) is 60.0 Å². The molecule has 4 rings (SSSR count). The number of carbonyl (C=O) groups is 2. The lowest BCUT2D eigenvalue weighted by Crippen LogP contribution is -2.56. The molecule has 146 valence electrons. The van der Waals surface area contributed by atoms with Crippen molar-refractivity contribution in [3.63, 3.8) is 0 Å². The zero-order chi connectivity index (χ0) is 19.7. The molecule has 2 atom stereocenters. The fourth-order valence-electron chi connectivity index (χ4n) is 3.48. The minimum Gasteiger partial charge on any atom is -0.482 e. The number of nitrogens with zero attached hydrogens (tertiary/aromatic N) is 2. The molecule has 7 heteroatoms. The molecule has 0 bridgehead atoms. The fourth-order valence-corrected chi connectivity index (χ4v) is 3.60. The molecule has 1 saturated heterocycles. The molecule has 0 radical (unpaired) electrons. The summed E-state index contributed by atoms with van der Waals surface area (Å²) in [5, 5.41) is 0.595. The Morgan fingerprint density at radius 1 is 0.893 bits per heavy atom. The minimum atomic E-state index is -0.687. The second-order valence-electron chi connectivity index (χ2n) is 6.93. The molecular formula is C21H21ClN2O4. The lowest BCUT2D eigenvalue weighted by molar-refractivity contribution is -0.145. The molecule has 2 amide bonds. The van der Waals surface area contributed by atoms with E-state index in [1.807, 2.05) is 25.1 Å². The number of halogens is 1. The molecule has 2 aliphatic heterocycles. The number of rotatable bonds is 2. The van der Waals surface area contributed by atoms with Gasteiger partial charge in [0.15, 0.2) is 11.5 Å². The Bertz CT molecular complexity index is 878. The van der Waals surface area contributed by atoms with E-state index in [-0.39, 0.29) is 17.9 Å². The lowest BCUT2D eigenvalue weighted by atomic mass is 10.1. The molecular weight excluding hydrogens is 380 g/mol. The van der Waals surface area contributed by atoms with Gasteiger partial charge in [-0.25, -0.2) is 0 Å². The Kier molecular flexibility index (Phi) is 5.13. The van der Waals surface area contributed by atoms with Crippen LogP contribution in [0.1, 0.15) is 17.3 Å². The maximum absolute atomic E-state index is 13.0. The summed E-state index contributed by atoms with van der Waals surface area (Å²) in [6.45, 7) is 3.72. The molecule has 0 N–H and O–H groups in total. The number of piperazine rings is 1. The molecule has 2 heterocycles. The Labute approximate surface area is 168 Å². The van der Waals surface area contributed by atoms with E-state index >= 15 is 0 Å². The highest BCUT2D eigenvalue weighted by Gasteiger charge is 2.38. The number of para-hydroxylation sites is 2. The van der Waals surface area contributed by atoms with Crippen LogP contribution < -0.4 is 9.47 Å². The highest BCUT2D eigenvalue weighted by atomic mass is 35.5. The van der Waals surface area contributed by atoms with Gasteiger partial charge in [-0.1, -0.05) is 23.7 Å². The highest BCUT2D eigenvalue weighted by Crippen LogP contribution is 2.34. The van der Waals surface area contributed by atoms with Crippen LogP contribution >= 0.6 is 11.6 Å². The third-order valence-electron chi connectivity index (χ3n) is 5.06. The van der Waals surface area contributed by atoms with Gasteiger partial charge in [-0.3, -0.25) is 9.59 Å². The number of hydrogen-bond acceptors (Lipinski definition) is 4. The number of fused-ring (bicyclic) bond motifs is 1. The van der Waals surface area contributed by atoms with Crippen molar-refractivity contribution in [1.82, 2.24) is 9.80 Å². The minimum absolute atomic E-state index is 0.0525. The van der Waals surface area contributed by atoms with E-state index in [2.05, 4.69) is 0 Å². The van der Waals surface area contributed by atoms with Crippen molar-refractivity contribution >= 4 is 23.4 Å². The quantitative estimate of drug-likeness (QED) is 0.777. The van der Waals surface area contributed by atoms with Crippen molar-refractivity contribution in [2.24, 2.45) is 0 Å². The third-order valence-corrected chi connectivity index (χ3v) is 5.31. The van der Waals surface area contributed by atoms with E-state index < -0.39 is 6.10 Å². The first-order chi connectivity index (χ1) is 13.5. The number of benzene rings is 2. The van der Waals surface area contributed by atoms with E-state index in [1.165, 1.54) is 0 Å². The summed E-state index contributed by atoms with van der Waals surface area (Å²) in [7, 11) is 0. The van der Waals surface area contributed by atoms with Gasteiger partial charge in [-0.05, 0) is 43.3 Å². The first-order valence-electron chi connectivity index (χ1n) is 9.29. The Hall–Kier alpha value is -2.73. The molecule has 2 unspecified atom stereocenters. The average molecular weight is 401 g/mol. The van der Waals surface area contributed by atoms with Crippen LogP contribution in [0, 0.1) is 0 Å². The smallest absolute Gasteiger partial charge is 0.267 e. The fraction of sp³-hybridized carbons (Fsp3) is 0.333. The summed E-state index contributed by atoms with van der Waals surface area (Å²) in [4.78, 5) is 29.1. The Balaban J connectivity index is 1.38. The van der Waals surface area contributed by atoms with Crippen LogP contribution in [0.2, 0.25) is 5.02 Å². The summed E-state index contributed by atoms with van der Waals surface area (Å²) < 4.78 is 11.7. The van der Waals surface area contributed by atoms with E-state index in [4.69, 9.17) is 21.1 Å². The molecule has 2 aromatic carbocycles. The monoisotopic (exact) mass is 400 g/mol. The average Bonchev–Trinajstić information content (AvgIpc) is 2.73. The van der Waals surface area contributed by atoms with Crippen molar-refractivity contribution in [2.45, 2.75) is 19.1 Å². The first-order valence-corrected chi connectivity index (χ1v) is 9.67. The van der Waals surface area contributed by atoms with E-state index in [9.17, 15) is 9.59 Å². The second kappa shape index (κ2) is 7.72. The maximum atomic E-state index is 13.0. The molecule has 6 nitrogen and oxygen atoms in total. The molecule has 0 aliphatic carbocycles. The summed E-state index contributed by atoms with van der Waals surface area (Å²) in [5.41, 5.74) is 0.596. The first kappa shape index (κ1) is 18.6. The van der Waals surface area contributed by atoms with Gasteiger partial charge < -0.3 is 19.3 Å². The van der Waals surface area contributed by atoms with Crippen molar-refractivity contribution < 1.29 is 19.1 Å². The summed E-state index contributed by atoms with van der Waals surface area (Å²) in [6.07, 6.45) is -1.07. The molecule has 1 fully saturated rings. The molecule has 0 saturated carbocycles. The van der Waals surface area contributed by atoms with Gasteiger partial charge in [0, 0.05) is 36.8 Å².